The lowest BCUT2D eigenvalue weighted by Gasteiger charge is -2.18. The van der Waals surface area contributed by atoms with E-state index < -0.39 is 0 Å². The SMILES string of the molecule is CCC(Nc1cc(Cl)c(Cl)cc1N)c1ncc[nH]1. The zero-order chi connectivity index (χ0) is 13.1. The van der Waals surface area contributed by atoms with Gasteiger partial charge in [0.1, 0.15) is 5.82 Å². The molecule has 4 N–H and O–H groups in total. The van der Waals surface area contributed by atoms with Gasteiger partial charge in [0.25, 0.3) is 0 Å². The molecule has 1 heterocycles. The smallest absolute Gasteiger partial charge is 0.128 e. The highest BCUT2D eigenvalue weighted by Crippen LogP contribution is 2.32. The van der Waals surface area contributed by atoms with E-state index in [0.717, 1.165) is 17.9 Å². The number of rotatable bonds is 4. The molecular weight excluding hydrogens is 271 g/mol. The van der Waals surface area contributed by atoms with Gasteiger partial charge in [-0.2, -0.15) is 0 Å². The monoisotopic (exact) mass is 284 g/mol. The first-order chi connectivity index (χ1) is 8.61. The van der Waals surface area contributed by atoms with Crippen LogP contribution in [0.1, 0.15) is 25.2 Å². The van der Waals surface area contributed by atoms with Gasteiger partial charge in [-0.1, -0.05) is 30.1 Å². The van der Waals surface area contributed by atoms with Gasteiger partial charge in [0, 0.05) is 12.4 Å². The summed E-state index contributed by atoms with van der Waals surface area (Å²) in [4.78, 5) is 7.32. The zero-order valence-electron chi connectivity index (χ0n) is 9.87. The van der Waals surface area contributed by atoms with Crippen molar-refractivity contribution in [2.24, 2.45) is 0 Å². The average Bonchev–Trinajstić information content (AvgIpc) is 2.85. The Balaban J connectivity index is 2.25. The highest BCUT2D eigenvalue weighted by atomic mass is 35.5. The first kappa shape index (κ1) is 13.1. The van der Waals surface area contributed by atoms with Gasteiger partial charge in [0.05, 0.1) is 27.5 Å². The molecule has 6 heteroatoms. The molecule has 0 aliphatic carbocycles. The lowest BCUT2D eigenvalue weighted by molar-refractivity contribution is 0.704. The minimum absolute atomic E-state index is 0.0551. The summed E-state index contributed by atoms with van der Waals surface area (Å²) in [6.07, 6.45) is 4.38. The molecule has 0 amide bonds. The summed E-state index contributed by atoms with van der Waals surface area (Å²) in [5.74, 6) is 0.864. The second kappa shape index (κ2) is 5.50. The number of hydrogen-bond acceptors (Lipinski definition) is 3. The third-order valence-corrected chi connectivity index (χ3v) is 3.40. The zero-order valence-corrected chi connectivity index (χ0v) is 11.4. The maximum atomic E-state index is 5.99. The van der Waals surface area contributed by atoms with Crippen molar-refractivity contribution in [2.75, 3.05) is 11.1 Å². The molecule has 2 aromatic rings. The second-order valence-electron chi connectivity index (χ2n) is 3.93. The number of nitrogens with two attached hydrogens (primary N) is 1. The highest BCUT2D eigenvalue weighted by Gasteiger charge is 2.13. The molecule has 1 atom stereocenters. The van der Waals surface area contributed by atoms with E-state index in [1.54, 1.807) is 24.5 Å². The summed E-state index contributed by atoms with van der Waals surface area (Å²) in [5.41, 5.74) is 7.23. The highest BCUT2D eigenvalue weighted by molar-refractivity contribution is 6.42. The average molecular weight is 285 g/mol. The van der Waals surface area contributed by atoms with Gasteiger partial charge in [-0.25, -0.2) is 4.98 Å². The molecule has 1 aromatic carbocycles. The Bertz CT molecular complexity index is 525. The number of nitrogens with zero attached hydrogens (tertiary/aromatic N) is 1. The number of nitrogen functional groups attached to an aromatic ring is 1. The van der Waals surface area contributed by atoms with E-state index in [2.05, 4.69) is 22.2 Å². The number of aromatic nitrogens is 2. The minimum atomic E-state index is 0.0551. The number of imidazole rings is 1. The van der Waals surface area contributed by atoms with E-state index in [9.17, 15) is 0 Å². The van der Waals surface area contributed by atoms with E-state index in [0.29, 0.717) is 15.7 Å². The first-order valence-corrected chi connectivity index (χ1v) is 6.37. The Hall–Kier alpha value is -1.39. The quantitative estimate of drug-likeness (QED) is 0.747. The standard InChI is InChI=1S/C12H14Cl2N4/c1-2-10(12-16-3-4-17-12)18-11-6-8(14)7(13)5-9(11)15/h3-6,10,18H,2,15H2,1H3,(H,16,17). The molecular formula is C12H14Cl2N4. The van der Waals surface area contributed by atoms with Crippen molar-refractivity contribution in [1.82, 2.24) is 9.97 Å². The number of aromatic amines is 1. The van der Waals surface area contributed by atoms with Gasteiger partial charge >= 0.3 is 0 Å². The summed E-state index contributed by atoms with van der Waals surface area (Å²) in [7, 11) is 0. The van der Waals surface area contributed by atoms with Crippen molar-refractivity contribution in [3.8, 4) is 0 Å². The molecule has 2 rings (SSSR count). The van der Waals surface area contributed by atoms with E-state index in [-0.39, 0.29) is 6.04 Å². The molecule has 0 fully saturated rings. The van der Waals surface area contributed by atoms with E-state index >= 15 is 0 Å². The van der Waals surface area contributed by atoms with E-state index in [1.807, 2.05) is 0 Å². The maximum absolute atomic E-state index is 5.99. The Morgan fingerprint density at radius 2 is 2.11 bits per heavy atom. The molecule has 1 unspecified atom stereocenters. The molecule has 0 saturated heterocycles. The number of halogens is 2. The summed E-state index contributed by atoms with van der Waals surface area (Å²) in [6, 6.07) is 3.42. The van der Waals surface area contributed by atoms with Gasteiger partial charge in [0.15, 0.2) is 0 Å². The Labute approximate surface area is 116 Å². The largest absolute Gasteiger partial charge is 0.397 e. The normalized spacial score (nSPS) is 12.4. The predicted molar refractivity (Wildman–Crippen MR) is 76.1 cm³/mol. The van der Waals surface area contributed by atoms with Crippen LogP contribution in [0.3, 0.4) is 0 Å². The van der Waals surface area contributed by atoms with Crippen LogP contribution in [0.15, 0.2) is 24.5 Å². The lowest BCUT2D eigenvalue weighted by Crippen LogP contribution is -2.12. The fourth-order valence-electron chi connectivity index (χ4n) is 1.71. The van der Waals surface area contributed by atoms with Crippen LogP contribution in [0.25, 0.3) is 0 Å². The Morgan fingerprint density at radius 1 is 1.39 bits per heavy atom. The Morgan fingerprint density at radius 3 is 2.72 bits per heavy atom. The summed E-state index contributed by atoms with van der Waals surface area (Å²) in [6.45, 7) is 2.06. The predicted octanol–water partition coefficient (Wildman–Crippen LogP) is 3.86. The number of H-pyrrole nitrogens is 1. The van der Waals surface area contributed by atoms with Gasteiger partial charge in [-0.3, -0.25) is 0 Å². The third-order valence-electron chi connectivity index (χ3n) is 2.68. The van der Waals surface area contributed by atoms with Crippen LogP contribution in [0.5, 0.6) is 0 Å². The molecule has 0 radical (unpaired) electrons. The van der Waals surface area contributed by atoms with Crippen LogP contribution < -0.4 is 11.1 Å². The Kier molecular flexibility index (Phi) is 3.99. The van der Waals surface area contributed by atoms with Gasteiger partial charge < -0.3 is 16.0 Å². The van der Waals surface area contributed by atoms with Gasteiger partial charge in [-0.15, -0.1) is 0 Å². The van der Waals surface area contributed by atoms with Crippen molar-refractivity contribution in [3.63, 3.8) is 0 Å². The van der Waals surface area contributed by atoms with Crippen LogP contribution in [0.4, 0.5) is 11.4 Å². The van der Waals surface area contributed by atoms with E-state index in [1.165, 1.54) is 0 Å². The number of anilines is 2. The number of hydrogen-bond donors (Lipinski definition) is 3. The van der Waals surface area contributed by atoms with Crippen molar-refractivity contribution in [1.29, 1.82) is 0 Å². The molecule has 0 bridgehead atoms. The van der Waals surface area contributed by atoms with Crippen LogP contribution in [0, 0.1) is 0 Å². The summed E-state index contributed by atoms with van der Waals surface area (Å²) < 4.78 is 0. The molecule has 1 aromatic heterocycles. The van der Waals surface area contributed by atoms with Gasteiger partial charge in [-0.05, 0) is 18.6 Å². The second-order valence-corrected chi connectivity index (χ2v) is 4.75. The summed E-state index contributed by atoms with van der Waals surface area (Å²) in [5, 5.41) is 4.23. The molecule has 0 saturated carbocycles. The summed E-state index contributed by atoms with van der Waals surface area (Å²) >= 11 is 11.9. The van der Waals surface area contributed by atoms with Crippen molar-refractivity contribution in [3.05, 3.63) is 40.4 Å². The lowest BCUT2D eigenvalue weighted by atomic mass is 10.2. The van der Waals surface area contributed by atoms with Gasteiger partial charge in [0.2, 0.25) is 0 Å². The van der Waals surface area contributed by atoms with Crippen LogP contribution >= 0.6 is 23.2 Å². The fourth-order valence-corrected chi connectivity index (χ4v) is 2.04. The molecule has 0 spiro atoms. The number of nitrogens with one attached hydrogen (secondary N) is 2. The topological polar surface area (TPSA) is 66.7 Å². The van der Waals surface area contributed by atoms with Crippen molar-refractivity contribution >= 4 is 34.6 Å². The van der Waals surface area contributed by atoms with Crippen LogP contribution in [-0.4, -0.2) is 9.97 Å². The molecule has 0 aliphatic rings. The molecule has 0 aliphatic heterocycles. The minimum Gasteiger partial charge on any atom is -0.397 e. The van der Waals surface area contributed by atoms with Crippen LogP contribution in [0.2, 0.25) is 10.0 Å². The van der Waals surface area contributed by atoms with Crippen LogP contribution in [-0.2, 0) is 0 Å². The first-order valence-electron chi connectivity index (χ1n) is 5.62. The van der Waals surface area contributed by atoms with Crippen molar-refractivity contribution in [2.45, 2.75) is 19.4 Å². The fraction of sp³-hybridized carbons (Fsp3) is 0.250. The molecule has 18 heavy (non-hydrogen) atoms. The number of benzene rings is 1. The van der Waals surface area contributed by atoms with Crippen molar-refractivity contribution < 1.29 is 0 Å². The molecule has 4 nitrogen and oxygen atoms in total. The third kappa shape index (κ3) is 2.71. The molecule has 96 valence electrons. The van der Waals surface area contributed by atoms with E-state index in [4.69, 9.17) is 28.9 Å². The maximum Gasteiger partial charge on any atom is 0.128 e.